The van der Waals surface area contributed by atoms with E-state index >= 15 is 0 Å². The highest BCUT2D eigenvalue weighted by atomic mass is 19.1. The van der Waals surface area contributed by atoms with Gasteiger partial charge in [-0.15, -0.1) is 0 Å². The molecule has 2 heterocycles. The van der Waals surface area contributed by atoms with E-state index in [0.29, 0.717) is 17.2 Å². The molecule has 7 heteroatoms. The average molecular weight is 406 g/mol. The number of nitrogens with one attached hydrogen (secondary N) is 2. The number of para-hydroxylation sites is 1. The summed E-state index contributed by atoms with van der Waals surface area (Å²) >= 11 is 0. The molecule has 3 aromatic rings. The van der Waals surface area contributed by atoms with Crippen LogP contribution >= 0.6 is 0 Å². The summed E-state index contributed by atoms with van der Waals surface area (Å²) in [6.07, 6.45) is 0.0691. The minimum absolute atomic E-state index is 0.0691. The standard InChI is InChI=1S/C23H23FN4O2/c1-23(2,3)19-13-20(28(27-19)15-10-8-14(24)9-11-15)26-22(30)17-12-21(29)25-18-7-5-4-6-16(17)18/h4-11,13,17H,12H2,1-3H3,(H,25,29)(H,26,30). The number of carbonyl (C=O) groups excluding carboxylic acids is 2. The van der Waals surface area contributed by atoms with Gasteiger partial charge in [0.2, 0.25) is 11.8 Å². The first-order valence-electron chi connectivity index (χ1n) is 9.78. The zero-order chi connectivity index (χ0) is 21.5. The van der Waals surface area contributed by atoms with Crippen LogP contribution in [0.4, 0.5) is 15.9 Å². The molecule has 0 aliphatic carbocycles. The molecule has 0 radical (unpaired) electrons. The van der Waals surface area contributed by atoms with Gasteiger partial charge in [0.15, 0.2) is 0 Å². The van der Waals surface area contributed by atoms with Crippen molar-refractivity contribution in [2.75, 3.05) is 10.6 Å². The first-order chi connectivity index (χ1) is 14.2. The predicted octanol–water partition coefficient (Wildman–Crippen LogP) is 4.37. The van der Waals surface area contributed by atoms with Crippen molar-refractivity contribution in [3.63, 3.8) is 0 Å². The number of fused-ring (bicyclic) bond motifs is 1. The van der Waals surface area contributed by atoms with E-state index in [2.05, 4.69) is 15.7 Å². The van der Waals surface area contributed by atoms with Gasteiger partial charge in [0.1, 0.15) is 11.6 Å². The normalized spacial score (nSPS) is 16.0. The molecule has 0 fully saturated rings. The maximum absolute atomic E-state index is 13.4. The summed E-state index contributed by atoms with van der Waals surface area (Å²) in [5.41, 5.74) is 2.59. The number of halogens is 1. The largest absolute Gasteiger partial charge is 0.326 e. The van der Waals surface area contributed by atoms with E-state index in [-0.39, 0.29) is 29.5 Å². The van der Waals surface area contributed by atoms with Crippen LogP contribution in [0.3, 0.4) is 0 Å². The molecule has 2 N–H and O–H groups in total. The average Bonchev–Trinajstić information content (AvgIpc) is 3.12. The van der Waals surface area contributed by atoms with Gasteiger partial charge in [-0.25, -0.2) is 9.07 Å². The Balaban J connectivity index is 1.70. The van der Waals surface area contributed by atoms with Crippen molar-refractivity contribution in [2.45, 2.75) is 38.5 Å². The number of aromatic nitrogens is 2. The number of amides is 2. The zero-order valence-corrected chi connectivity index (χ0v) is 17.1. The molecule has 2 aromatic carbocycles. The van der Waals surface area contributed by atoms with Crippen LogP contribution in [-0.2, 0) is 15.0 Å². The van der Waals surface area contributed by atoms with Crippen LogP contribution in [-0.4, -0.2) is 21.6 Å². The molecule has 30 heavy (non-hydrogen) atoms. The molecule has 0 saturated heterocycles. The Labute approximate surface area is 174 Å². The lowest BCUT2D eigenvalue weighted by Gasteiger charge is -2.24. The van der Waals surface area contributed by atoms with E-state index < -0.39 is 5.92 Å². The molecular weight excluding hydrogens is 383 g/mol. The number of carbonyl (C=O) groups is 2. The Morgan fingerprint density at radius 2 is 1.87 bits per heavy atom. The van der Waals surface area contributed by atoms with Gasteiger partial charge in [-0.1, -0.05) is 39.0 Å². The minimum Gasteiger partial charge on any atom is -0.326 e. The van der Waals surface area contributed by atoms with Crippen LogP contribution in [0.1, 0.15) is 44.4 Å². The number of rotatable bonds is 3. The quantitative estimate of drug-likeness (QED) is 0.678. The molecule has 1 aliphatic heterocycles. The Bertz CT molecular complexity index is 1110. The van der Waals surface area contributed by atoms with E-state index in [1.54, 1.807) is 22.9 Å². The number of anilines is 2. The van der Waals surface area contributed by atoms with Gasteiger partial charge in [0.05, 0.1) is 17.3 Å². The highest BCUT2D eigenvalue weighted by Crippen LogP contribution is 2.33. The van der Waals surface area contributed by atoms with Gasteiger partial charge >= 0.3 is 0 Å². The monoisotopic (exact) mass is 406 g/mol. The molecule has 2 amide bonds. The summed E-state index contributed by atoms with van der Waals surface area (Å²) in [6.45, 7) is 6.08. The molecule has 1 aromatic heterocycles. The second-order valence-electron chi connectivity index (χ2n) is 8.43. The van der Waals surface area contributed by atoms with Crippen molar-refractivity contribution >= 4 is 23.3 Å². The highest BCUT2D eigenvalue weighted by Gasteiger charge is 2.31. The highest BCUT2D eigenvalue weighted by molar-refractivity contribution is 6.04. The first kappa shape index (κ1) is 19.8. The smallest absolute Gasteiger partial charge is 0.233 e. The van der Waals surface area contributed by atoms with Crippen LogP contribution in [0, 0.1) is 5.82 Å². The van der Waals surface area contributed by atoms with Gasteiger partial charge in [-0.2, -0.15) is 5.10 Å². The third-order valence-corrected chi connectivity index (χ3v) is 5.12. The second-order valence-corrected chi connectivity index (χ2v) is 8.43. The lowest BCUT2D eigenvalue weighted by molar-refractivity contribution is -0.123. The van der Waals surface area contributed by atoms with Gasteiger partial charge in [0, 0.05) is 23.6 Å². The third kappa shape index (κ3) is 3.83. The van der Waals surface area contributed by atoms with E-state index in [4.69, 9.17) is 0 Å². The van der Waals surface area contributed by atoms with E-state index in [9.17, 15) is 14.0 Å². The molecule has 4 rings (SSSR count). The Kier molecular flexibility index (Phi) is 4.89. The molecule has 0 spiro atoms. The van der Waals surface area contributed by atoms with Crippen molar-refractivity contribution < 1.29 is 14.0 Å². The lowest BCUT2D eigenvalue weighted by Crippen LogP contribution is -2.31. The summed E-state index contributed by atoms with van der Waals surface area (Å²) in [4.78, 5) is 25.3. The molecule has 0 bridgehead atoms. The Morgan fingerprint density at radius 1 is 1.17 bits per heavy atom. The van der Waals surface area contributed by atoms with Crippen LogP contribution in [0.5, 0.6) is 0 Å². The van der Waals surface area contributed by atoms with Gasteiger partial charge < -0.3 is 10.6 Å². The fourth-order valence-corrected chi connectivity index (χ4v) is 3.47. The van der Waals surface area contributed by atoms with Crippen molar-refractivity contribution in [3.8, 4) is 5.69 Å². The van der Waals surface area contributed by atoms with E-state index in [1.807, 2.05) is 45.0 Å². The maximum Gasteiger partial charge on any atom is 0.233 e. The number of hydrogen-bond acceptors (Lipinski definition) is 3. The van der Waals surface area contributed by atoms with E-state index in [0.717, 1.165) is 11.3 Å². The SMILES string of the molecule is CC(C)(C)c1cc(NC(=O)C2CC(=O)Nc3ccccc32)n(-c2ccc(F)cc2)n1. The lowest BCUT2D eigenvalue weighted by atomic mass is 9.89. The van der Waals surface area contributed by atoms with Crippen LogP contribution < -0.4 is 10.6 Å². The summed E-state index contributed by atoms with van der Waals surface area (Å²) in [5.74, 6) is -0.973. The van der Waals surface area contributed by atoms with Crippen LogP contribution in [0.2, 0.25) is 0 Å². The summed E-state index contributed by atoms with van der Waals surface area (Å²) in [7, 11) is 0. The predicted molar refractivity (Wildman–Crippen MR) is 113 cm³/mol. The first-order valence-corrected chi connectivity index (χ1v) is 9.78. The van der Waals surface area contributed by atoms with Crippen molar-refractivity contribution in [3.05, 3.63) is 71.7 Å². The molecule has 154 valence electrons. The summed E-state index contributed by atoms with van der Waals surface area (Å²) in [6, 6.07) is 15.0. The fourth-order valence-electron chi connectivity index (χ4n) is 3.47. The molecule has 1 atom stereocenters. The van der Waals surface area contributed by atoms with Crippen molar-refractivity contribution in [1.82, 2.24) is 9.78 Å². The second kappa shape index (κ2) is 7.40. The van der Waals surface area contributed by atoms with Gasteiger partial charge in [-0.05, 0) is 35.9 Å². The fraction of sp³-hybridized carbons (Fsp3) is 0.261. The van der Waals surface area contributed by atoms with Crippen molar-refractivity contribution in [1.29, 1.82) is 0 Å². The third-order valence-electron chi connectivity index (χ3n) is 5.12. The van der Waals surface area contributed by atoms with E-state index in [1.165, 1.54) is 12.1 Å². The van der Waals surface area contributed by atoms with Crippen LogP contribution in [0.25, 0.3) is 5.69 Å². The summed E-state index contributed by atoms with van der Waals surface area (Å²) in [5, 5.41) is 10.4. The Morgan fingerprint density at radius 3 is 2.57 bits per heavy atom. The molecule has 6 nitrogen and oxygen atoms in total. The Hall–Kier alpha value is -3.48. The summed E-state index contributed by atoms with van der Waals surface area (Å²) < 4.78 is 15.0. The number of nitrogens with zero attached hydrogens (tertiary/aromatic N) is 2. The molecule has 1 aliphatic rings. The van der Waals surface area contributed by atoms with Gasteiger partial charge in [-0.3, -0.25) is 9.59 Å². The number of hydrogen-bond donors (Lipinski definition) is 2. The van der Waals surface area contributed by atoms with Crippen molar-refractivity contribution in [2.24, 2.45) is 0 Å². The van der Waals surface area contributed by atoms with Crippen LogP contribution in [0.15, 0.2) is 54.6 Å². The zero-order valence-electron chi connectivity index (χ0n) is 17.1. The minimum atomic E-state index is -0.607. The molecular formula is C23H23FN4O2. The number of benzene rings is 2. The molecule has 0 saturated carbocycles. The van der Waals surface area contributed by atoms with Gasteiger partial charge in [0.25, 0.3) is 0 Å². The molecule has 1 unspecified atom stereocenters. The maximum atomic E-state index is 13.4. The topological polar surface area (TPSA) is 76.0 Å².